The number of benzene rings is 1. The molecule has 4 atom stereocenters. The van der Waals surface area contributed by atoms with Crippen LogP contribution in [0.5, 0.6) is 5.75 Å². The zero-order valence-corrected chi connectivity index (χ0v) is 15.8. The minimum atomic E-state index is -1.14. The lowest BCUT2D eigenvalue weighted by molar-refractivity contribution is -0.138. The third kappa shape index (κ3) is 2.72. The lowest BCUT2D eigenvalue weighted by Gasteiger charge is -2.43. The Hall–Kier alpha value is -2.12. The summed E-state index contributed by atoms with van der Waals surface area (Å²) in [5.41, 5.74) is 2.37. The van der Waals surface area contributed by atoms with Crippen molar-refractivity contribution in [3.05, 3.63) is 40.9 Å². The molecule has 1 aromatic carbocycles. The summed E-state index contributed by atoms with van der Waals surface area (Å²) in [7, 11) is 0.397. The van der Waals surface area contributed by atoms with Gasteiger partial charge in [0, 0.05) is 12.6 Å². The number of rotatable bonds is 2. The number of nitrogens with zero attached hydrogens (tertiary/aromatic N) is 1. The van der Waals surface area contributed by atoms with Crippen molar-refractivity contribution in [2.45, 2.75) is 32.8 Å². The van der Waals surface area contributed by atoms with E-state index >= 15 is 0 Å². The quantitative estimate of drug-likeness (QED) is 0.616. The van der Waals surface area contributed by atoms with E-state index in [-0.39, 0.29) is 35.3 Å². The Kier molecular flexibility index (Phi) is 4.39. The van der Waals surface area contributed by atoms with Crippen molar-refractivity contribution in [2.75, 3.05) is 7.05 Å². The number of carbonyl (C=O) groups is 2. The fourth-order valence-corrected chi connectivity index (χ4v) is 5.02. The average molecular weight is 369 g/mol. The van der Waals surface area contributed by atoms with Crippen LogP contribution in [-0.2, 0) is 14.2 Å². The molecule has 2 aliphatic heterocycles. The predicted molar refractivity (Wildman–Crippen MR) is 99.3 cm³/mol. The molecule has 0 unspecified atom stereocenters. The molecule has 2 amide bonds. The standard InChI is InChI=1S/C20H24BNO5/c1-10(2)12-8-14-17(20(25)22(3)19(14)24)13-9-16(27-21(26)18(12)13)11-6-4-5-7-15(11)23/h4-7,10,13-14,16-17,23,26H,8-9H2,1-3H3/t13-,14-,16-,17+/m0/s1. The van der Waals surface area contributed by atoms with Crippen molar-refractivity contribution >= 4 is 18.9 Å². The second-order valence-corrected chi connectivity index (χ2v) is 8.09. The van der Waals surface area contributed by atoms with E-state index < -0.39 is 19.1 Å². The summed E-state index contributed by atoms with van der Waals surface area (Å²) in [5.74, 6) is -1.17. The lowest BCUT2D eigenvalue weighted by Crippen LogP contribution is -2.45. The Morgan fingerprint density at radius 1 is 1.19 bits per heavy atom. The SMILES string of the molecule is CC(C)C1=C2B(O)O[C@H](c3ccccc3O)C[C@H]2[C@H]2C(=O)N(C)C(=O)[C@H]2C1. The Labute approximate surface area is 159 Å². The number of imide groups is 1. The largest absolute Gasteiger partial charge is 0.508 e. The maximum Gasteiger partial charge on any atom is 0.487 e. The van der Waals surface area contributed by atoms with E-state index in [9.17, 15) is 19.7 Å². The van der Waals surface area contributed by atoms with Crippen LogP contribution in [-0.4, -0.2) is 41.0 Å². The highest BCUT2D eigenvalue weighted by Crippen LogP contribution is 2.52. The fraction of sp³-hybridized carbons (Fsp3) is 0.500. The van der Waals surface area contributed by atoms with E-state index in [0.717, 1.165) is 11.0 Å². The maximum absolute atomic E-state index is 12.8. The van der Waals surface area contributed by atoms with Crippen LogP contribution < -0.4 is 0 Å². The summed E-state index contributed by atoms with van der Waals surface area (Å²) in [6, 6.07) is 6.87. The molecule has 0 radical (unpaired) electrons. The van der Waals surface area contributed by atoms with Crippen LogP contribution in [0.2, 0.25) is 0 Å². The first-order valence-electron chi connectivity index (χ1n) is 9.46. The number of phenols is 1. The molecule has 0 saturated carbocycles. The van der Waals surface area contributed by atoms with Gasteiger partial charge in [0.25, 0.3) is 0 Å². The monoisotopic (exact) mass is 369 g/mol. The smallest absolute Gasteiger partial charge is 0.487 e. The molecule has 2 N–H and O–H groups in total. The van der Waals surface area contributed by atoms with Crippen LogP contribution in [0.25, 0.3) is 0 Å². The second kappa shape index (κ2) is 6.50. The van der Waals surface area contributed by atoms with E-state index in [1.165, 1.54) is 11.9 Å². The molecule has 2 heterocycles. The number of fused-ring (bicyclic) bond motifs is 3. The molecular formula is C20H24BNO5. The fourth-order valence-electron chi connectivity index (χ4n) is 5.02. The van der Waals surface area contributed by atoms with Gasteiger partial charge in [0.2, 0.25) is 11.8 Å². The summed E-state index contributed by atoms with van der Waals surface area (Å²) >= 11 is 0. The van der Waals surface area contributed by atoms with Crippen molar-refractivity contribution in [3.8, 4) is 5.75 Å². The van der Waals surface area contributed by atoms with Gasteiger partial charge in [0.05, 0.1) is 17.9 Å². The molecule has 27 heavy (non-hydrogen) atoms. The first-order chi connectivity index (χ1) is 12.8. The van der Waals surface area contributed by atoms with Gasteiger partial charge in [0.15, 0.2) is 0 Å². The molecule has 2 fully saturated rings. The molecule has 1 aromatic rings. The lowest BCUT2D eigenvalue weighted by atomic mass is 9.54. The number of para-hydroxylation sites is 1. The van der Waals surface area contributed by atoms with E-state index in [1.54, 1.807) is 24.3 Å². The van der Waals surface area contributed by atoms with Gasteiger partial charge in [-0.15, -0.1) is 0 Å². The highest BCUT2D eigenvalue weighted by atomic mass is 16.5. The molecule has 2 saturated heterocycles. The van der Waals surface area contributed by atoms with Crippen LogP contribution in [0.1, 0.15) is 38.4 Å². The van der Waals surface area contributed by atoms with Crippen LogP contribution in [0.3, 0.4) is 0 Å². The molecule has 142 valence electrons. The van der Waals surface area contributed by atoms with Crippen molar-refractivity contribution in [3.63, 3.8) is 0 Å². The summed E-state index contributed by atoms with van der Waals surface area (Å²) < 4.78 is 5.87. The number of allylic oxidation sites excluding steroid dienone is 2. The molecule has 4 rings (SSSR count). The zero-order valence-electron chi connectivity index (χ0n) is 15.8. The topological polar surface area (TPSA) is 87.1 Å². The molecule has 7 heteroatoms. The van der Waals surface area contributed by atoms with Crippen molar-refractivity contribution in [1.82, 2.24) is 4.90 Å². The Balaban J connectivity index is 1.79. The van der Waals surface area contributed by atoms with E-state index in [4.69, 9.17) is 4.65 Å². The number of aromatic hydroxyl groups is 1. The number of hydrogen-bond donors (Lipinski definition) is 2. The Bertz CT molecular complexity index is 835. The highest BCUT2D eigenvalue weighted by molar-refractivity contribution is 6.53. The first kappa shape index (κ1) is 18.3. The molecule has 0 aromatic heterocycles. The van der Waals surface area contributed by atoms with Gasteiger partial charge in [-0.1, -0.05) is 37.6 Å². The average Bonchev–Trinajstić information content (AvgIpc) is 2.85. The van der Waals surface area contributed by atoms with Crippen molar-refractivity contribution < 1.29 is 24.4 Å². The van der Waals surface area contributed by atoms with Crippen LogP contribution in [0, 0.1) is 23.7 Å². The third-order valence-corrected chi connectivity index (χ3v) is 6.35. The van der Waals surface area contributed by atoms with Gasteiger partial charge in [0.1, 0.15) is 5.75 Å². The van der Waals surface area contributed by atoms with Gasteiger partial charge >= 0.3 is 7.12 Å². The van der Waals surface area contributed by atoms with Crippen molar-refractivity contribution in [1.29, 1.82) is 0 Å². The van der Waals surface area contributed by atoms with E-state index in [0.29, 0.717) is 18.4 Å². The Morgan fingerprint density at radius 3 is 2.56 bits per heavy atom. The van der Waals surface area contributed by atoms with E-state index in [1.807, 2.05) is 13.8 Å². The van der Waals surface area contributed by atoms with Crippen LogP contribution in [0.4, 0.5) is 0 Å². The number of amides is 2. The number of likely N-dealkylation sites (tertiary alicyclic amines) is 1. The summed E-state index contributed by atoms with van der Waals surface area (Å²) in [5, 5.41) is 21.0. The predicted octanol–water partition coefficient (Wildman–Crippen LogP) is 2.08. The van der Waals surface area contributed by atoms with Gasteiger partial charge in [-0.2, -0.15) is 0 Å². The summed E-state index contributed by atoms with van der Waals surface area (Å²) in [4.78, 5) is 26.7. The van der Waals surface area contributed by atoms with Gasteiger partial charge in [-0.05, 0) is 36.2 Å². The molecule has 3 aliphatic rings. The first-order valence-corrected chi connectivity index (χ1v) is 9.46. The molecule has 1 aliphatic carbocycles. The van der Waals surface area contributed by atoms with Gasteiger partial charge in [-0.3, -0.25) is 14.5 Å². The van der Waals surface area contributed by atoms with Crippen LogP contribution >= 0.6 is 0 Å². The highest BCUT2D eigenvalue weighted by Gasteiger charge is 2.57. The zero-order chi connectivity index (χ0) is 19.5. The number of phenolic OH excluding ortho intramolecular Hbond substituents is 1. The maximum atomic E-state index is 12.8. The van der Waals surface area contributed by atoms with Crippen molar-refractivity contribution in [2.24, 2.45) is 23.7 Å². The number of hydrogen-bond acceptors (Lipinski definition) is 5. The van der Waals surface area contributed by atoms with Gasteiger partial charge < -0.3 is 14.8 Å². The second-order valence-electron chi connectivity index (χ2n) is 8.09. The summed E-state index contributed by atoms with van der Waals surface area (Å²) in [6.07, 6.45) is 0.412. The third-order valence-electron chi connectivity index (χ3n) is 6.35. The van der Waals surface area contributed by atoms with E-state index in [2.05, 4.69) is 0 Å². The van der Waals surface area contributed by atoms with Crippen LogP contribution in [0.15, 0.2) is 35.3 Å². The minimum Gasteiger partial charge on any atom is -0.508 e. The van der Waals surface area contributed by atoms with Gasteiger partial charge in [-0.25, -0.2) is 0 Å². The number of carbonyl (C=O) groups excluding carboxylic acids is 2. The normalized spacial score (nSPS) is 30.9. The summed E-state index contributed by atoms with van der Waals surface area (Å²) in [6.45, 7) is 4.07. The molecule has 0 spiro atoms. The molecule has 6 nitrogen and oxygen atoms in total. The minimum absolute atomic E-state index is 0.101. The molecule has 0 bridgehead atoms. The molecular weight excluding hydrogens is 345 g/mol. The Morgan fingerprint density at radius 2 is 1.89 bits per heavy atom.